The van der Waals surface area contributed by atoms with Crippen LogP contribution < -0.4 is 4.90 Å². The molecule has 0 aliphatic rings. The van der Waals surface area contributed by atoms with Crippen molar-refractivity contribution in [3.8, 4) is 0 Å². The molecule has 0 spiro atoms. The highest BCUT2D eigenvalue weighted by molar-refractivity contribution is 6.29. The third-order valence-electron chi connectivity index (χ3n) is 3.07. The molecule has 1 heterocycles. The van der Waals surface area contributed by atoms with E-state index in [1.165, 1.54) is 0 Å². The Labute approximate surface area is 124 Å². The summed E-state index contributed by atoms with van der Waals surface area (Å²) in [7, 11) is 0. The lowest BCUT2D eigenvalue weighted by atomic mass is 10.1. The number of anilines is 1. The van der Waals surface area contributed by atoms with Crippen molar-refractivity contribution < 1.29 is 4.79 Å². The predicted octanol–water partition coefficient (Wildman–Crippen LogP) is 3.31. The number of hydrogen-bond donors (Lipinski definition) is 0. The van der Waals surface area contributed by atoms with Crippen LogP contribution in [0.25, 0.3) is 0 Å². The highest BCUT2D eigenvalue weighted by atomic mass is 35.5. The summed E-state index contributed by atoms with van der Waals surface area (Å²) in [6, 6.07) is 11.4. The van der Waals surface area contributed by atoms with Crippen LogP contribution in [0, 0.1) is 5.92 Å². The van der Waals surface area contributed by atoms with Gasteiger partial charge in [0.1, 0.15) is 12.0 Å². The Morgan fingerprint density at radius 1 is 1.30 bits per heavy atom. The van der Waals surface area contributed by atoms with Crippen molar-refractivity contribution >= 4 is 23.2 Å². The predicted molar refractivity (Wildman–Crippen MR) is 80.8 cm³/mol. The maximum absolute atomic E-state index is 12.3. The Morgan fingerprint density at radius 2 is 2.00 bits per heavy atom. The number of carbonyl (C=O) groups is 1. The summed E-state index contributed by atoms with van der Waals surface area (Å²) in [5.74, 6) is 0.00804. The SMILES string of the molecule is CC(C)C(N(C(=O)CCl)c1ccccc1)n1cccn1. The first kappa shape index (κ1) is 14.6. The minimum absolute atomic E-state index is 0.0562. The molecule has 0 radical (unpaired) electrons. The minimum Gasteiger partial charge on any atom is -0.288 e. The molecule has 4 nitrogen and oxygen atoms in total. The van der Waals surface area contributed by atoms with Gasteiger partial charge in [-0.25, -0.2) is 4.68 Å². The summed E-state index contributed by atoms with van der Waals surface area (Å²) in [4.78, 5) is 14.0. The zero-order valence-electron chi connectivity index (χ0n) is 11.6. The zero-order chi connectivity index (χ0) is 14.5. The van der Waals surface area contributed by atoms with Gasteiger partial charge in [0, 0.05) is 18.1 Å². The van der Waals surface area contributed by atoms with Gasteiger partial charge in [0.05, 0.1) is 0 Å². The molecule has 5 heteroatoms. The lowest BCUT2D eigenvalue weighted by molar-refractivity contribution is -0.117. The van der Waals surface area contributed by atoms with Crippen LogP contribution in [0.2, 0.25) is 0 Å². The lowest BCUT2D eigenvalue weighted by Crippen LogP contribution is -2.41. The van der Waals surface area contributed by atoms with Crippen molar-refractivity contribution in [1.82, 2.24) is 9.78 Å². The molecule has 0 bridgehead atoms. The molecule has 0 fully saturated rings. The van der Waals surface area contributed by atoms with E-state index in [1.54, 1.807) is 15.8 Å². The van der Waals surface area contributed by atoms with E-state index in [1.807, 2.05) is 42.6 Å². The molecule has 0 aliphatic heterocycles. The Bertz CT molecular complexity index is 540. The molecule has 1 aromatic carbocycles. The monoisotopic (exact) mass is 291 g/mol. The van der Waals surface area contributed by atoms with Crippen LogP contribution >= 0.6 is 11.6 Å². The van der Waals surface area contributed by atoms with Gasteiger partial charge in [-0.3, -0.25) is 9.69 Å². The van der Waals surface area contributed by atoms with Gasteiger partial charge in [0.2, 0.25) is 5.91 Å². The van der Waals surface area contributed by atoms with Gasteiger partial charge >= 0.3 is 0 Å². The van der Waals surface area contributed by atoms with Crippen LogP contribution in [0.4, 0.5) is 5.69 Å². The number of nitrogens with zero attached hydrogens (tertiary/aromatic N) is 3. The van der Waals surface area contributed by atoms with E-state index in [2.05, 4.69) is 18.9 Å². The van der Waals surface area contributed by atoms with E-state index < -0.39 is 0 Å². The fourth-order valence-electron chi connectivity index (χ4n) is 2.26. The van der Waals surface area contributed by atoms with Crippen LogP contribution in [0.15, 0.2) is 48.8 Å². The van der Waals surface area contributed by atoms with Gasteiger partial charge in [0.15, 0.2) is 0 Å². The van der Waals surface area contributed by atoms with Crippen molar-refractivity contribution in [2.45, 2.75) is 20.0 Å². The third-order valence-corrected chi connectivity index (χ3v) is 3.30. The molecule has 0 N–H and O–H groups in total. The number of benzene rings is 1. The van der Waals surface area contributed by atoms with E-state index in [0.29, 0.717) is 0 Å². The standard InChI is InChI=1S/C15H18ClN3O/c1-12(2)15(18-10-6-9-17-18)19(14(20)11-16)13-7-4-3-5-8-13/h3-10,12,15H,11H2,1-2H3. The fourth-order valence-corrected chi connectivity index (χ4v) is 2.39. The highest BCUT2D eigenvalue weighted by Gasteiger charge is 2.28. The summed E-state index contributed by atoms with van der Waals surface area (Å²) in [5, 5.41) is 4.28. The summed E-state index contributed by atoms with van der Waals surface area (Å²) >= 11 is 5.79. The Kier molecular flexibility index (Phi) is 4.79. The summed E-state index contributed by atoms with van der Waals surface area (Å²) in [6.07, 6.45) is 3.38. The normalized spacial score (nSPS) is 12.4. The maximum atomic E-state index is 12.3. The van der Waals surface area contributed by atoms with Gasteiger partial charge in [0.25, 0.3) is 0 Å². The number of para-hydroxylation sites is 1. The molecule has 0 saturated heterocycles. The Balaban J connectivity index is 2.46. The summed E-state index contributed by atoms with van der Waals surface area (Å²) in [5.41, 5.74) is 0.826. The second kappa shape index (κ2) is 6.57. The molecule has 0 aliphatic carbocycles. The molecule has 1 atom stereocenters. The molecule has 2 aromatic rings. The van der Waals surface area contributed by atoms with Crippen LogP contribution in [-0.4, -0.2) is 21.6 Å². The molecular formula is C15H18ClN3O. The minimum atomic E-state index is -0.196. The van der Waals surface area contributed by atoms with Gasteiger partial charge < -0.3 is 0 Å². The first-order chi connectivity index (χ1) is 9.65. The van der Waals surface area contributed by atoms with Gasteiger partial charge in [-0.05, 0) is 24.1 Å². The zero-order valence-corrected chi connectivity index (χ0v) is 12.4. The smallest absolute Gasteiger partial charge is 0.243 e. The number of alkyl halides is 1. The highest BCUT2D eigenvalue weighted by Crippen LogP contribution is 2.28. The number of hydrogen-bond acceptors (Lipinski definition) is 2. The van der Waals surface area contributed by atoms with Gasteiger partial charge in [-0.1, -0.05) is 32.0 Å². The van der Waals surface area contributed by atoms with E-state index in [4.69, 9.17) is 11.6 Å². The van der Waals surface area contributed by atoms with E-state index in [-0.39, 0.29) is 23.9 Å². The molecule has 106 valence electrons. The molecule has 1 amide bonds. The van der Waals surface area contributed by atoms with Crippen LogP contribution in [0.3, 0.4) is 0 Å². The first-order valence-electron chi connectivity index (χ1n) is 6.57. The van der Waals surface area contributed by atoms with Crippen LogP contribution in [0.5, 0.6) is 0 Å². The fraction of sp³-hybridized carbons (Fsp3) is 0.333. The van der Waals surface area contributed by atoms with Crippen molar-refractivity contribution in [3.63, 3.8) is 0 Å². The van der Waals surface area contributed by atoms with Crippen molar-refractivity contribution in [2.75, 3.05) is 10.8 Å². The molecule has 20 heavy (non-hydrogen) atoms. The van der Waals surface area contributed by atoms with Crippen molar-refractivity contribution in [3.05, 3.63) is 48.8 Å². The number of amides is 1. The number of rotatable bonds is 5. The van der Waals surface area contributed by atoms with E-state index >= 15 is 0 Å². The third kappa shape index (κ3) is 3.02. The van der Waals surface area contributed by atoms with Crippen molar-refractivity contribution in [1.29, 1.82) is 0 Å². The second-order valence-electron chi connectivity index (χ2n) is 4.88. The summed E-state index contributed by atoms with van der Waals surface area (Å²) in [6.45, 7) is 4.12. The number of carbonyl (C=O) groups excluding carboxylic acids is 1. The molecule has 1 unspecified atom stereocenters. The maximum Gasteiger partial charge on any atom is 0.243 e. The average Bonchev–Trinajstić information content (AvgIpc) is 2.98. The van der Waals surface area contributed by atoms with Gasteiger partial charge in [-0.2, -0.15) is 5.10 Å². The largest absolute Gasteiger partial charge is 0.288 e. The van der Waals surface area contributed by atoms with Crippen LogP contribution in [-0.2, 0) is 4.79 Å². The Morgan fingerprint density at radius 3 is 2.50 bits per heavy atom. The topological polar surface area (TPSA) is 38.1 Å². The molecule has 1 aromatic heterocycles. The van der Waals surface area contributed by atoms with Gasteiger partial charge in [-0.15, -0.1) is 11.6 Å². The first-order valence-corrected chi connectivity index (χ1v) is 7.10. The van der Waals surface area contributed by atoms with E-state index in [0.717, 1.165) is 5.69 Å². The van der Waals surface area contributed by atoms with Crippen LogP contribution in [0.1, 0.15) is 20.0 Å². The van der Waals surface area contributed by atoms with Crippen molar-refractivity contribution in [2.24, 2.45) is 5.92 Å². The molecule has 0 saturated carbocycles. The number of halogens is 1. The average molecular weight is 292 g/mol. The summed E-state index contributed by atoms with van der Waals surface area (Å²) < 4.78 is 1.79. The Hall–Kier alpha value is -1.81. The second-order valence-corrected chi connectivity index (χ2v) is 5.14. The quantitative estimate of drug-likeness (QED) is 0.793. The van der Waals surface area contributed by atoms with E-state index in [9.17, 15) is 4.79 Å². The molecular weight excluding hydrogens is 274 g/mol. The number of aromatic nitrogens is 2. The molecule has 2 rings (SSSR count). The lowest BCUT2D eigenvalue weighted by Gasteiger charge is -2.34.